The molecule has 3 nitrogen and oxygen atoms in total. The van der Waals surface area contributed by atoms with Crippen LogP contribution >= 0.6 is 20.2 Å². The van der Waals surface area contributed by atoms with Crippen LogP contribution in [0.25, 0.3) is 0 Å². The van der Waals surface area contributed by atoms with Crippen molar-refractivity contribution >= 4 is 44.0 Å². The van der Waals surface area contributed by atoms with E-state index < -0.39 is 11.7 Å². The van der Waals surface area contributed by atoms with Gasteiger partial charge in [0.1, 0.15) is 17.3 Å². The van der Waals surface area contributed by atoms with E-state index in [-0.39, 0.29) is 19.0 Å². The molecule has 2 aromatic carbocycles. The Hall–Kier alpha value is -2.12. The van der Waals surface area contributed by atoms with Crippen LogP contribution in [0.3, 0.4) is 0 Å². The van der Waals surface area contributed by atoms with Gasteiger partial charge in [0.2, 0.25) is 0 Å². The zero-order valence-corrected chi connectivity index (χ0v) is 17.0. The summed E-state index contributed by atoms with van der Waals surface area (Å²) in [6.07, 6.45) is -1.50. The molecule has 0 saturated heterocycles. The Balaban J connectivity index is 0.000000941. The van der Waals surface area contributed by atoms with Gasteiger partial charge in [-0.25, -0.2) is 4.39 Å². The van der Waals surface area contributed by atoms with Gasteiger partial charge < -0.3 is 4.42 Å². The van der Waals surface area contributed by atoms with Gasteiger partial charge in [-0.05, 0) is 60.7 Å². The number of furan rings is 1. The Labute approximate surface area is 178 Å². The maximum absolute atomic E-state index is 12.8. The molecular weight excluding hydrogens is 475 g/mol. The molecule has 0 N–H and O–H groups in total. The fourth-order valence-electron chi connectivity index (χ4n) is 2.05. The number of halogens is 6. The summed E-state index contributed by atoms with van der Waals surface area (Å²) in [7, 11) is 9.53. The quantitative estimate of drug-likeness (QED) is 0.216. The summed E-state index contributed by atoms with van der Waals surface area (Å²) in [6, 6.07) is 13.5. The van der Waals surface area contributed by atoms with E-state index in [1.807, 2.05) is 0 Å². The first-order valence-corrected chi connectivity index (χ1v) is 10.8. The van der Waals surface area contributed by atoms with E-state index in [0.717, 1.165) is 12.1 Å². The van der Waals surface area contributed by atoms with Gasteiger partial charge in [-0.3, -0.25) is 9.98 Å². The van der Waals surface area contributed by atoms with E-state index >= 15 is 0 Å². The van der Waals surface area contributed by atoms with Gasteiger partial charge >= 0.3 is 39.5 Å². The third kappa shape index (κ3) is 8.03. The van der Waals surface area contributed by atoms with Crippen molar-refractivity contribution in [2.75, 3.05) is 0 Å². The van der Waals surface area contributed by atoms with Crippen LogP contribution in [0.2, 0.25) is 0 Å². The molecule has 3 aromatic rings. The molecule has 0 saturated carbocycles. The van der Waals surface area contributed by atoms with E-state index in [0.29, 0.717) is 22.9 Å². The van der Waals surface area contributed by atoms with E-state index in [9.17, 15) is 17.6 Å². The molecule has 0 aliphatic heterocycles. The van der Waals surface area contributed by atoms with E-state index in [1.165, 1.54) is 48.8 Å². The number of aliphatic imine (C=N–C) groups is 2. The number of rotatable bonds is 4. The second-order valence-corrected chi connectivity index (χ2v) is 7.15. The van der Waals surface area contributed by atoms with Crippen molar-refractivity contribution in [1.29, 1.82) is 0 Å². The second-order valence-electron chi connectivity index (χ2n) is 5.33. The predicted molar refractivity (Wildman–Crippen MR) is 103 cm³/mol. The minimum absolute atomic E-state index is 0.194. The number of nitrogens with zero attached hydrogens (tertiary/aromatic N) is 2. The van der Waals surface area contributed by atoms with Gasteiger partial charge in [0.05, 0.1) is 29.4 Å². The first-order valence-electron chi connectivity index (χ1n) is 7.78. The molecule has 3 rings (SSSR count). The average Bonchev–Trinajstić information content (AvgIpc) is 3.14. The summed E-state index contributed by atoms with van der Waals surface area (Å²) >= 11 is 0.194. The number of benzene rings is 2. The molecule has 0 aliphatic rings. The second kappa shape index (κ2) is 11.2. The summed E-state index contributed by atoms with van der Waals surface area (Å²) in [4.78, 5) is 8.21. The molecule has 0 radical (unpaired) electrons. The fourth-order valence-corrected chi connectivity index (χ4v) is 2.05. The van der Waals surface area contributed by atoms with Crippen LogP contribution in [-0.4, -0.2) is 12.4 Å². The number of alkyl halides is 3. The van der Waals surface area contributed by atoms with Crippen LogP contribution in [0.4, 0.5) is 28.9 Å². The molecule has 0 fully saturated rings. The third-order valence-corrected chi connectivity index (χ3v) is 3.35. The van der Waals surface area contributed by atoms with Gasteiger partial charge in [0, 0.05) is 0 Å². The van der Waals surface area contributed by atoms with Crippen molar-refractivity contribution in [2.24, 2.45) is 9.98 Å². The van der Waals surface area contributed by atoms with E-state index in [4.69, 9.17) is 24.6 Å². The zero-order chi connectivity index (χ0) is 21.3. The summed E-state index contributed by atoms with van der Waals surface area (Å²) in [5, 5.41) is 0. The van der Waals surface area contributed by atoms with Crippen molar-refractivity contribution in [3.63, 3.8) is 0 Å². The van der Waals surface area contributed by atoms with Crippen molar-refractivity contribution in [3.8, 4) is 0 Å². The summed E-state index contributed by atoms with van der Waals surface area (Å²) in [6.45, 7) is 0. The molecule has 154 valence electrons. The van der Waals surface area contributed by atoms with E-state index in [1.54, 1.807) is 12.1 Å². The van der Waals surface area contributed by atoms with Crippen molar-refractivity contribution in [2.45, 2.75) is 6.18 Å². The predicted octanol–water partition coefficient (Wildman–Crippen LogP) is 7.32. The van der Waals surface area contributed by atoms with Crippen LogP contribution in [0.15, 0.2) is 75.1 Å². The third-order valence-electron chi connectivity index (χ3n) is 3.35. The van der Waals surface area contributed by atoms with Crippen molar-refractivity contribution in [3.05, 3.63) is 83.6 Å². The van der Waals surface area contributed by atoms with E-state index in [2.05, 4.69) is 9.98 Å². The molecule has 0 spiro atoms. The summed E-state index contributed by atoms with van der Waals surface area (Å²) in [5.74, 6) is 0.539. The van der Waals surface area contributed by atoms with Crippen LogP contribution < -0.4 is 0 Å². The molecule has 0 amide bonds. The van der Waals surface area contributed by atoms with Gasteiger partial charge in [-0.2, -0.15) is 13.2 Å². The molecule has 0 unspecified atom stereocenters. The zero-order valence-electron chi connectivity index (χ0n) is 14.4. The Morgan fingerprint density at radius 3 is 1.59 bits per heavy atom. The number of hydrogen-bond donors (Lipinski definition) is 0. The molecular formula is C19H12Cl2F4FeN2O. The SMILES string of the molecule is Fc1ccc(N=Cc2ccc(C=Nc3ccc(C(F)(F)F)cc3)o2)cc1.[Cl][Fe][Cl]. The minimum atomic E-state index is -4.37. The average molecular weight is 487 g/mol. The van der Waals surface area contributed by atoms with Crippen molar-refractivity contribution in [1.82, 2.24) is 0 Å². The molecule has 29 heavy (non-hydrogen) atoms. The van der Waals surface area contributed by atoms with Gasteiger partial charge in [0.15, 0.2) is 0 Å². The van der Waals surface area contributed by atoms with Crippen LogP contribution in [0.5, 0.6) is 0 Å². The Bertz CT molecular complexity index is 956. The molecule has 1 aromatic heterocycles. The summed E-state index contributed by atoms with van der Waals surface area (Å²) in [5.41, 5.74) is 0.215. The van der Waals surface area contributed by atoms with Crippen LogP contribution in [0, 0.1) is 5.82 Å². The molecule has 1 heterocycles. The Kier molecular flexibility index (Phi) is 8.92. The van der Waals surface area contributed by atoms with Crippen molar-refractivity contribution < 1.29 is 35.1 Å². The summed E-state index contributed by atoms with van der Waals surface area (Å²) < 4.78 is 55.8. The molecule has 0 aliphatic carbocycles. The Morgan fingerprint density at radius 1 is 0.759 bits per heavy atom. The van der Waals surface area contributed by atoms with Gasteiger partial charge in [-0.15, -0.1) is 0 Å². The van der Waals surface area contributed by atoms with Gasteiger partial charge in [0.25, 0.3) is 0 Å². The van der Waals surface area contributed by atoms with Crippen LogP contribution in [-0.2, 0) is 19.3 Å². The normalized spacial score (nSPS) is 11.8. The molecule has 10 heteroatoms. The standard InChI is InChI=1S/C19H12F4N2O.2ClH.Fe/c20-14-3-7-16(8-4-14)25-12-18-10-9-17(26-18)11-24-15-5-1-13(2-6-15)19(21,22)23;;;/h1-12H;2*1H;/q;;;+2/p-2. The fraction of sp³-hybridized carbons (Fsp3) is 0.0526. The first-order chi connectivity index (χ1) is 13.8. The monoisotopic (exact) mass is 486 g/mol. The Morgan fingerprint density at radius 2 is 1.17 bits per heavy atom. The molecule has 0 bridgehead atoms. The topological polar surface area (TPSA) is 37.9 Å². The number of hydrogen-bond acceptors (Lipinski definition) is 3. The first kappa shape index (κ1) is 23.2. The molecule has 0 atom stereocenters. The van der Waals surface area contributed by atoms with Gasteiger partial charge in [-0.1, -0.05) is 0 Å². The maximum atomic E-state index is 12.8. The van der Waals surface area contributed by atoms with Crippen LogP contribution in [0.1, 0.15) is 17.1 Å².